The van der Waals surface area contributed by atoms with Gasteiger partial charge in [-0.2, -0.15) is 0 Å². The van der Waals surface area contributed by atoms with E-state index in [1.807, 2.05) is 0 Å². The van der Waals surface area contributed by atoms with Gasteiger partial charge in [-0.3, -0.25) is 24.6 Å². The molecule has 0 spiro atoms. The molecule has 0 radical (unpaired) electrons. The van der Waals surface area contributed by atoms with Crippen molar-refractivity contribution in [2.75, 3.05) is 26.5 Å². The Bertz CT molecular complexity index is 544. The van der Waals surface area contributed by atoms with Crippen molar-refractivity contribution >= 4 is 23.3 Å². The Morgan fingerprint density at radius 2 is 2.00 bits per heavy atom. The number of carbonyl (C=O) groups is 2. The van der Waals surface area contributed by atoms with Gasteiger partial charge in [0.05, 0.1) is 24.5 Å². The molecule has 1 unspecified atom stereocenters. The van der Waals surface area contributed by atoms with Gasteiger partial charge in [0.15, 0.2) is 0 Å². The number of carbonyl (C=O) groups excluding carboxylic acids is 2. The van der Waals surface area contributed by atoms with E-state index < -0.39 is 22.8 Å². The smallest absolute Gasteiger partial charge is 0.307 e. The highest BCUT2D eigenvalue weighted by Gasteiger charge is 2.26. The summed E-state index contributed by atoms with van der Waals surface area (Å²) in [5.74, 6) is -1.05. The van der Waals surface area contributed by atoms with Crippen molar-refractivity contribution in [2.45, 2.75) is 12.5 Å². The Morgan fingerprint density at radius 3 is 2.52 bits per heavy atom. The molecule has 0 bridgehead atoms. The van der Waals surface area contributed by atoms with Crippen LogP contribution in [0.15, 0.2) is 24.3 Å². The molecule has 1 aromatic carbocycles. The molecular weight excluding hydrogens is 278 g/mol. The molecule has 0 aliphatic rings. The highest BCUT2D eigenvalue weighted by Crippen LogP contribution is 2.23. The SMILES string of the molecule is COC(=O)CC(C(=O)Nc1ccccc1[N+](=O)[O-])N(C)C. The van der Waals surface area contributed by atoms with E-state index in [-0.39, 0.29) is 17.8 Å². The molecule has 21 heavy (non-hydrogen) atoms. The highest BCUT2D eigenvalue weighted by atomic mass is 16.6. The molecule has 1 amide bonds. The topological polar surface area (TPSA) is 102 Å². The third-order valence-corrected chi connectivity index (χ3v) is 2.87. The summed E-state index contributed by atoms with van der Waals surface area (Å²) < 4.78 is 4.54. The average molecular weight is 295 g/mol. The van der Waals surface area contributed by atoms with Crippen molar-refractivity contribution in [2.24, 2.45) is 0 Å². The zero-order valence-corrected chi connectivity index (χ0v) is 12.0. The highest BCUT2D eigenvalue weighted by molar-refractivity contribution is 5.98. The predicted molar refractivity (Wildman–Crippen MR) is 75.8 cm³/mol. The van der Waals surface area contributed by atoms with Crippen LogP contribution in [0.4, 0.5) is 11.4 Å². The predicted octanol–water partition coefficient (Wildman–Crippen LogP) is 1.03. The minimum Gasteiger partial charge on any atom is -0.469 e. The van der Waals surface area contributed by atoms with E-state index in [4.69, 9.17) is 0 Å². The number of methoxy groups -OCH3 is 1. The molecule has 8 heteroatoms. The Balaban J connectivity index is 2.92. The number of likely N-dealkylation sites (N-methyl/N-ethyl adjacent to an activating group) is 1. The summed E-state index contributed by atoms with van der Waals surface area (Å²) in [7, 11) is 4.49. The van der Waals surface area contributed by atoms with E-state index in [1.54, 1.807) is 25.1 Å². The van der Waals surface area contributed by atoms with E-state index >= 15 is 0 Å². The lowest BCUT2D eigenvalue weighted by Gasteiger charge is -2.22. The van der Waals surface area contributed by atoms with Crippen LogP contribution in [0.25, 0.3) is 0 Å². The molecule has 0 aromatic heterocycles. The van der Waals surface area contributed by atoms with Crippen molar-refractivity contribution in [3.05, 3.63) is 34.4 Å². The van der Waals surface area contributed by atoms with Crippen LogP contribution in [0, 0.1) is 10.1 Å². The number of amides is 1. The number of para-hydroxylation sites is 2. The fraction of sp³-hybridized carbons (Fsp3) is 0.385. The molecule has 114 valence electrons. The van der Waals surface area contributed by atoms with Crippen LogP contribution in [-0.2, 0) is 14.3 Å². The van der Waals surface area contributed by atoms with Gasteiger partial charge in [-0.1, -0.05) is 12.1 Å². The molecule has 1 rings (SSSR count). The third-order valence-electron chi connectivity index (χ3n) is 2.87. The molecule has 1 atom stereocenters. The largest absolute Gasteiger partial charge is 0.469 e. The van der Waals surface area contributed by atoms with Crippen molar-refractivity contribution in [3.63, 3.8) is 0 Å². The van der Waals surface area contributed by atoms with Gasteiger partial charge >= 0.3 is 5.97 Å². The number of hydrogen-bond donors (Lipinski definition) is 1. The van der Waals surface area contributed by atoms with Gasteiger partial charge in [-0.05, 0) is 20.2 Å². The lowest BCUT2D eigenvalue weighted by molar-refractivity contribution is -0.383. The zero-order chi connectivity index (χ0) is 16.0. The van der Waals surface area contributed by atoms with Crippen LogP contribution >= 0.6 is 0 Å². The van der Waals surface area contributed by atoms with Crippen LogP contribution in [0.1, 0.15) is 6.42 Å². The first-order chi connectivity index (χ1) is 9.86. The van der Waals surface area contributed by atoms with Crippen LogP contribution in [0.2, 0.25) is 0 Å². The number of esters is 1. The van der Waals surface area contributed by atoms with Gasteiger partial charge in [0.25, 0.3) is 5.69 Å². The second-order valence-electron chi connectivity index (χ2n) is 4.52. The van der Waals surface area contributed by atoms with Gasteiger partial charge in [0.1, 0.15) is 5.69 Å². The number of nitrogens with one attached hydrogen (secondary N) is 1. The van der Waals surface area contributed by atoms with Crippen molar-refractivity contribution in [3.8, 4) is 0 Å². The summed E-state index contributed by atoms with van der Waals surface area (Å²) in [6.45, 7) is 0. The average Bonchev–Trinajstić information content (AvgIpc) is 2.44. The van der Waals surface area contributed by atoms with Gasteiger partial charge < -0.3 is 10.1 Å². The first-order valence-electron chi connectivity index (χ1n) is 6.14. The van der Waals surface area contributed by atoms with Crippen molar-refractivity contribution < 1.29 is 19.2 Å². The van der Waals surface area contributed by atoms with Crippen LogP contribution < -0.4 is 5.32 Å². The summed E-state index contributed by atoms with van der Waals surface area (Å²) in [6, 6.07) is 5.03. The minimum absolute atomic E-state index is 0.0872. The number of nitrogens with zero attached hydrogens (tertiary/aromatic N) is 2. The molecular formula is C13H17N3O5. The van der Waals surface area contributed by atoms with E-state index in [9.17, 15) is 19.7 Å². The molecule has 0 aliphatic heterocycles. The fourth-order valence-electron chi connectivity index (χ4n) is 1.71. The third kappa shape index (κ3) is 4.53. The van der Waals surface area contributed by atoms with Gasteiger partial charge in [-0.25, -0.2) is 0 Å². The van der Waals surface area contributed by atoms with Gasteiger partial charge in [-0.15, -0.1) is 0 Å². The maximum absolute atomic E-state index is 12.2. The molecule has 1 N–H and O–H groups in total. The summed E-state index contributed by atoms with van der Waals surface area (Å²) in [5, 5.41) is 13.4. The summed E-state index contributed by atoms with van der Waals surface area (Å²) >= 11 is 0. The summed E-state index contributed by atoms with van der Waals surface area (Å²) in [4.78, 5) is 35.4. The number of ether oxygens (including phenoxy) is 1. The molecule has 0 saturated heterocycles. The molecule has 0 fully saturated rings. The van der Waals surface area contributed by atoms with E-state index in [0.29, 0.717) is 0 Å². The maximum Gasteiger partial charge on any atom is 0.307 e. The van der Waals surface area contributed by atoms with E-state index in [1.165, 1.54) is 25.3 Å². The van der Waals surface area contributed by atoms with Crippen molar-refractivity contribution in [1.29, 1.82) is 0 Å². The second-order valence-corrected chi connectivity index (χ2v) is 4.52. The molecule has 0 saturated carbocycles. The van der Waals surface area contributed by atoms with Gasteiger partial charge in [0.2, 0.25) is 5.91 Å². The zero-order valence-electron chi connectivity index (χ0n) is 12.0. The van der Waals surface area contributed by atoms with Crippen LogP contribution in [0.3, 0.4) is 0 Å². The standard InChI is InChI=1S/C13H17N3O5/c1-15(2)11(8-12(17)21-3)13(18)14-9-6-4-5-7-10(9)16(19)20/h4-7,11H,8H2,1-3H3,(H,14,18). The Hall–Kier alpha value is -2.48. The van der Waals surface area contributed by atoms with Gasteiger partial charge in [0, 0.05) is 6.07 Å². The van der Waals surface area contributed by atoms with E-state index in [2.05, 4.69) is 10.1 Å². The maximum atomic E-state index is 12.2. The summed E-state index contributed by atoms with van der Waals surface area (Å²) in [5.41, 5.74) is -0.120. The van der Waals surface area contributed by atoms with E-state index in [0.717, 1.165) is 0 Å². The quantitative estimate of drug-likeness (QED) is 0.477. The first kappa shape index (κ1) is 16.6. The Morgan fingerprint density at radius 1 is 1.38 bits per heavy atom. The minimum atomic E-state index is -0.780. The fourth-order valence-corrected chi connectivity index (χ4v) is 1.71. The van der Waals surface area contributed by atoms with Crippen LogP contribution in [-0.4, -0.2) is 48.9 Å². The summed E-state index contributed by atoms with van der Waals surface area (Å²) in [6.07, 6.45) is -0.143. The number of nitro benzene ring substituents is 1. The number of anilines is 1. The molecule has 1 aromatic rings. The number of hydrogen-bond acceptors (Lipinski definition) is 6. The molecule has 0 heterocycles. The monoisotopic (exact) mass is 295 g/mol. The van der Waals surface area contributed by atoms with Crippen molar-refractivity contribution in [1.82, 2.24) is 4.90 Å². The Kier molecular flexibility index (Phi) is 5.79. The lowest BCUT2D eigenvalue weighted by Crippen LogP contribution is -2.41. The Labute approximate surface area is 121 Å². The lowest BCUT2D eigenvalue weighted by atomic mass is 10.1. The number of rotatable bonds is 6. The number of nitro groups is 1. The normalized spacial score (nSPS) is 11.8. The number of benzene rings is 1. The first-order valence-corrected chi connectivity index (χ1v) is 6.14. The van der Waals surface area contributed by atoms with Crippen LogP contribution in [0.5, 0.6) is 0 Å². The second kappa shape index (κ2) is 7.34. The molecule has 8 nitrogen and oxygen atoms in total. The molecule has 0 aliphatic carbocycles.